The molecule has 0 saturated carbocycles. The van der Waals surface area contributed by atoms with Crippen LogP contribution in [0.2, 0.25) is 0 Å². The van der Waals surface area contributed by atoms with Gasteiger partial charge in [-0.1, -0.05) is 30.3 Å². The van der Waals surface area contributed by atoms with E-state index >= 15 is 0 Å². The van der Waals surface area contributed by atoms with Gasteiger partial charge in [-0.3, -0.25) is 4.90 Å². The van der Waals surface area contributed by atoms with E-state index in [4.69, 9.17) is 4.74 Å². The van der Waals surface area contributed by atoms with Crippen molar-refractivity contribution in [2.75, 3.05) is 32.8 Å². The SMILES string of the molecule is c1ccc(C2CN(CC3CCCO3)CCN2)cc1. The van der Waals surface area contributed by atoms with E-state index in [-0.39, 0.29) is 0 Å². The number of benzene rings is 1. The summed E-state index contributed by atoms with van der Waals surface area (Å²) in [5.74, 6) is 0. The standard InChI is InChI=1S/C15H22N2O/c1-2-5-13(6-3-1)15-12-17(9-8-16-15)11-14-7-4-10-18-14/h1-3,5-6,14-16H,4,7-12H2. The molecule has 3 rings (SSSR count). The summed E-state index contributed by atoms with van der Waals surface area (Å²) in [6.07, 6.45) is 2.94. The number of ether oxygens (including phenoxy) is 1. The van der Waals surface area contributed by atoms with Gasteiger partial charge in [0.1, 0.15) is 0 Å². The minimum atomic E-state index is 0.472. The molecule has 2 saturated heterocycles. The maximum absolute atomic E-state index is 5.73. The Morgan fingerprint density at radius 2 is 2.17 bits per heavy atom. The second kappa shape index (κ2) is 5.83. The summed E-state index contributed by atoms with van der Waals surface area (Å²) in [5, 5.41) is 3.61. The van der Waals surface area contributed by atoms with Crippen molar-refractivity contribution in [1.82, 2.24) is 10.2 Å². The van der Waals surface area contributed by atoms with Crippen molar-refractivity contribution in [2.45, 2.75) is 25.0 Å². The molecule has 0 spiro atoms. The van der Waals surface area contributed by atoms with E-state index in [2.05, 4.69) is 40.5 Å². The van der Waals surface area contributed by atoms with Crippen LogP contribution in [0.25, 0.3) is 0 Å². The lowest BCUT2D eigenvalue weighted by atomic mass is 10.0. The summed E-state index contributed by atoms with van der Waals surface area (Å²) in [5.41, 5.74) is 1.40. The van der Waals surface area contributed by atoms with Crippen LogP contribution in [0.1, 0.15) is 24.4 Å². The van der Waals surface area contributed by atoms with Crippen LogP contribution in [0.15, 0.2) is 30.3 Å². The highest BCUT2D eigenvalue weighted by molar-refractivity contribution is 5.19. The van der Waals surface area contributed by atoms with Crippen molar-refractivity contribution in [1.29, 1.82) is 0 Å². The van der Waals surface area contributed by atoms with Gasteiger partial charge in [0.2, 0.25) is 0 Å². The van der Waals surface area contributed by atoms with Crippen LogP contribution in [-0.4, -0.2) is 43.8 Å². The highest BCUT2D eigenvalue weighted by Crippen LogP contribution is 2.19. The number of nitrogens with one attached hydrogen (secondary N) is 1. The summed E-state index contributed by atoms with van der Waals surface area (Å²) in [6.45, 7) is 5.38. The molecule has 0 aliphatic carbocycles. The fourth-order valence-electron chi connectivity index (χ4n) is 2.96. The molecular formula is C15H22N2O. The van der Waals surface area contributed by atoms with Crippen LogP contribution < -0.4 is 5.32 Å². The molecule has 2 aliphatic heterocycles. The van der Waals surface area contributed by atoms with E-state index in [0.29, 0.717) is 12.1 Å². The van der Waals surface area contributed by atoms with Gasteiger partial charge in [-0.25, -0.2) is 0 Å². The minimum absolute atomic E-state index is 0.472. The normalized spacial score (nSPS) is 29.6. The van der Waals surface area contributed by atoms with Gasteiger partial charge >= 0.3 is 0 Å². The Kier molecular flexibility index (Phi) is 3.93. The van der Waals surface area contributed by atoms with Crippen LogP contribution in [0.3, 0.4) is 0 Å². The van der Waals surface area contributed by atoms with Crippen molar-refractivity contribution in [3.8, 4) is 0 Å². The highest BCUT2D eigenvalue weighted by atomic mass is 16.5. The molecule has 0 aromatic heterocycles. The van der Waals surface area contributed by atoms with E-state index in [1.54, 1.807) is 0 Å². The maximum atomic E-state index is 5.73. The molecular weight excluding hydrogens is 224 g/mol. The number of piperazine rings is 1. The Bertz CT molecular complexity index is 362. The van der Waals surface area contributed by atoms with E-state index in [1.807, 2.05) is 0 Å². The average molecular weight is 246 g/mol. The first-order chi connectivity index (χ1) is 8.92. The summed E-state index contributed by atoms with van der Waals surface area (Å²) in [4.78, 5) is 2.55. The fraction of sp³-hybridized carbons (Fsp3) is 0.600. The first-order valence-electron chi connectivity index (χ1n) is 7.04. The van der Waals surface area contributed by atoms with Gasteiger partial charge in [0.25, 0.3) is 0 Å². The Hall–Kier alpha value is -0.900. The molecule has 2 unspecified atom stereocenters. The molecule has 98 valence electrons. The summed E-state index contributed by atoms with van der Waals surface area (Å²) in [7, 11) is 0. The summed E-state index contributed by atoms with van der Waals surface area (Å²) >= 11 is 0. The third-order valence-electron chi connectivity index (χ3n) is 3.95. The van der Waals surface area contributed by atoms with Crippen molar-refractivity contribution in [3.05, 3.63) is 35.9 Å². The molecule has 2 aliphatic rings. The van der Waals surface area contributed by atoms with Crippen molar-refractivity contribution in [3.63, 3.8) is 0 Å². The lowest BCUT2D eigenvalue weighted by molar-refractivity contribution is 0.0625. The first-order valence-corrected chi connectivity index (χ1v) is 7.04. The molecule has 2 fully saturated rings. The predicted octanol–water partition coefficient (Wildman–Crippen LogP) is 1.81. The van der Waals surface area contributed by atoms with Crippen molar-refractivity contribution in [2.24, 2.45) is 0 Å². The maximum Gasteiger partial charge on any atom is 0.0702 e. The minimum Gasteiger partial charge on any atom is -0.377 e. The molecule has 2 heterocycles. The lowest BCUT2D eigenvalue weighted by Crippen LogP contribution is -2.48. The molecule has 2 atom stereocenters. The first kappa shape index (κ1) is 12.2. The molecule has 3 nitrogen and oxygen atoms in total. The van der Waals surface area contributed by atoms with Crippen LogP contribution in [0, 0.1) is 0 Å². The van der Waals surface area contributed by atoms with Gasteiger partial charge in [0, 0.05) is 38.8 Å². The fourth-order valence-corrected chi connectivity index (χ4v) is 2.96. The second-order valence-electron chi connectivity index (χ2n) is 5.31. The van der Waals surface area contributed by atoms with E-state index in [1.165, 1.54) is 18.4 Å². The largest absolute Gasteiger partial charge is 0.377 e. The zero-order valence-electron chi connectivity index (χ0n) is 10.8. The van der Waals surface area contributed by atoms with E-state index in [0.717, 1.165) is 32.8 Å². The third-order valence-corrected chi connectivity index (χ3v) is 3.95. The molecule has 0 bridgehead atoms. The highest BCUT2D eigenvalue weighted by Gasteiger charge is 2.24. The third kappa shape index (κ3) is 2.91. The van der Waals surface area contributed by atoms with Gasteiger partial charge in [-0.05, 0) is 18.4 Å². The number of hydrogen-bond acceptors (Lipinski definition) is 3. The Balaban J connectivity index is 1.58. The molecule has 18 heavy (non-hydrogen) atoms. The molecule has 0 radical (unpaired) electrons. The van der Waals surface area contributed by atoms with Crippen LogP contribution in [0.4, 0.5) is 0 Å². The Labute approximate surface area is 109 Å². The smallest absolute Gasteiger partial charge is 0.0702 e. The van der Waals surface area contributed by atoms with Gasteiger partial charge in [-0.2, -0.15) is 0 Å². The number of rotatable bonds is 3. The Morgan fingerprint density at radius 3 is 2.94 bits per heavy atom. The quantitative estimate of drug-likeness (QED) is 0.880. The molecule has 0 amide bonds. The summed E-state index contributed by atoms with van der Waals surface area (Å²) in [6, 6.07) is 11.2. The zero-order chi connectivity index (χ0) is 12.2. The van der Waals surface area contributed by atoms with Gasteiger partial charge in [0.05, 0.1) is 6.10 Å². The van der Waals surface area contributed by atoms with Crippen molar-refractivity contribution >= 4 is 0 Å². The molecule has 1 N–H and O–H groups in total. The zero-order valence-corrected chi connectivity index (χ0v) is 10.8. The van der Waals surface area contributed by atoms with Gasteiger partial charge in [-0.15, -0.1) is 0 Å². The van der Waals surface area contributed by atoms with E-state index in [9.17, 15) is 0 Å². The number of hydrogen-bond donors (Lipinski definition) is 1. The monoisotopic (exact) mass is 246 g/mol. The predicted molar refractivity (Wildman–Crippen MR) is 72.6 cm³/mol. The second-order valence-corrected chi connectivity index (χ2v) is 5.31. The van der Waals surface area contributed by atoms with Crippen molar-refractivity contribution < 1.29 is 4.74 Å². The van der Waals surface area contributed by atoms with Crippen LogP contribution in [-0.2, 0) is 4.74 Å². The molecule has 1 aromatic carbocycles. The molecule has 1 aromatic rings. The van der Waals surface area contributed by atoms with Gasteiger partial charge in [0.15, 0.2) is 0 Å². The van der Waals surface area contributed by atoms with Crippen LogP contribution >= 0.6 is 0 Å². The van der Waals surface area contributed by atoms with Crippen LogP contribution in [0.5, 0.6) is 0 Å². The Morgan fingerprint density at radius 1 is 1.28 bits per heavy atom. The lowest BCUT2D eigenvalue weighted by Gasteiger charge is -2.35. The van der Waals surface area contributed by atoms with E-state index < -0.39 is 0 Å². The van der Waals surface area contributed by atoms with Gasteiger partial charge < -0.3 is 10.1 Å². The average Bonchev–Trinajstić information content (AvgIpc) is 2.93. The number of nitrogens with zero attached hydrogens (tertiary/aromatic N) is 1. The molecule has 3 heteroatoms. The summed E-state index contributed by atoms with van der Waals surface area (Å²) < 4.78 is 5.73. The topological polar surface area (TPSA) is 24.5 Å².